The molecule has 2 aromatic carbocycles. The van der Waals surface area contributed by atoms with E-state index in [4.69, 9.17) is 16.3 Å². The fraction of sp³-hybridized carbons (Fsp3) is 0.440. The molecule has 0 saturated heterocycles. The molecule has 32 heavy (non-hydrogen) atoms. The number of rotatable bonds is 12. The molecule has 0 heterocycles. The van der Waals surface area contributed by atoms with E-state index >= 15 is 0 Å². The molecule has 174 valence electrons. The number of amides is 2. The molecule has 1 N–H and O–H groups in total. The van der Waals surface area contributed by atoms with Gasteiger partial charge in [0.2, 0.25) is 11.8 Å². The van der Waals surface area contributed by atoms with Gasteiger partial charge in [0.05, 0.1) is 12.9 Å². The number of ether oxygens (including phenoxy) is 1. The molecule has 0 aliphatic rings. The average molecular weight is 477 g/mol. The van der Waals surface area contributed by atoms with Gasteiger partial charge in [-0.25, -0.2) is 0 Å². The van der Waals surface area contributed by atoms with Crippen molar-refractivity contribution in [3.8, 4) is 5.75 Å². The SMILES string of the molecule is CC[C@H](C(=O)N[C@@H](C)CC)N(Cc1cccc(OC)c1)C(=O)CSCc1cccc(Cl)c1. The molecule has 0 fully saturated rings. The van der Waals surface area contributed by atoms with Crippen molar-refractivity contribution < 1.29 is 14.3 Å². The van der Waals surface area contributed by atoms with E-state index in [0.29, 0.717) is 23.7 Å². The summed E-state index contributed by atoms with van der Waals surface area (Å²) >= 11 is 7.58. The van der Waals surface area contributed by atoms with E-state index in [9.17, 15) is 9.59 Å². The molecule has 2 amide bonds. The Labute approximate surface area is 200 Å². The number of halogens is 1. The maximum Gasteiger partial charge on any atom is 0.243 e. The minimum absolute atomic E-state index is 0.0579. The van der Waals surface area contributed by atoms with E-state index in [1.54, 1.807) is 12.0 Å². The molecule has 2 atom stereocenters. The zero-order chi connectivity index (χ0) is 23.5. The molecule has 0 aliphatic heterocycles. The van der Waals surface area contributed by atoms with Crippen LogP contribution in [0.1, 0.15) is 44.7 Å². The molecule has 0 radical (unpaired) electrons. The van der Waals surface area contributed by atoms with Crippen molar-refractivity contribution in [2.24, 2.45) is 0 Å². The lowest BCUT2D eigenvalue weighted by Gasteiger charge is -2.31. The first-order chi connectivity index (χ1) is 15.4. The molecule has 0 aromatic heterocycles. The number of hydrogen-bond donors (Lipinski definition) is 1. The number of nitrogens with zero attached hydrogens (tertiary/aromatic N) is 1. The van der Waals surface area contributed by atoms with Crippen molar-refractivity contribution in [3.63, 3.8) is 0 Å². The van der Waals surface area contributed by atoms with Gasteiger partial charge < -0.3 is 15.0 Å². The van der Waals surface area contributed by atoms with E-state index in [2.05, 4.69) is 5.32 Å². The Bertz CT molecular complexity index is 893. The third kappa shape index (κ3) is 8.06. The molecule has 5 nitrogen and oxygen atoms in total. The van der Waals surface area contributed by atoms with Gasteiger partial charge in [0, 0.05) is 23.4 Å². The number of carbonyl (C=O) groups excluding carboxylic acids is 2. The Kier molecular flexibility index (Phi) is 10.9. The molecule has 0 spiro atoms. The topological polar surface area (TPSA) is 58.6 Å². The van der Waals surface area contributed by atoms with Crippen LogP contribution in [0.15, 0.2) is 48.5 Å². The molecule has 7 heteroatoms. The van der Waals surface area contributed by atoms with Gasteiger partial charge >= 0.3 is 0 Å². The maximum absolute atomic E-state index is 13.3. The summed E-state index contributed by atoms with van der Waals surface area (Å²) in [5, 5.41) is 3.72. The van der Waals surface area contributed by atoms with E-state index in [1.165, 1.54) is 11.8 Å². The van der Waals surface area contributed by atoms with E-state index in [-0.39, 0.29) is 23.6 Å². The summed E-state index contributed by atoms with van der Waals surface area (Å²) in [6.45, 7) is 6.28. The van der Waals surface area contributed by atoms with Crippen LogP contribution in [0.2, 0.25) is 5.02 Å². The lowest BCUT2D eigenvalue weighted by atomic mass is 10.1. The second-order valence-electron chi connectivity index (χ2n) is 7.74. The average Bonchev–Trinajstić information content (AvgIpc) is 2.78. The fourth-order valence-electron chi connectivity index (χ4n) is 3.29. The minimum Gasteiger partial charge on any atom is -0.497 e. The number of nitrogens with one attached hydrogen (secondary N) is 1. The maximum atomic E-state index is 13.3. The highest BCUT2D eigenvalue weighted by Gasteiger charge is 2.29. The number of thioether (sulfide) groups is 1. The van der Waals surface area contributed by atoms with Gasteiger partial charge in [-0.05, 0) is 55.2 Å². The molecule has 2 rings (SSSR count). The van der Waals surface area contributed by atoms with Crippen LogP contribution in [-0.4, -0.2) is 41.7 Å². The summed E-state index contributed by atoms with van der Waals surface area (Å²) in [6, 6.07) is 14.8. The van der Waals surface area contributed by atoms with Crippen molar-refractivity contribution in [1.82, 2.24) is 10.2 Å². The third-order valence-electron chi connectivity index (χ3n) is 5.26. The van der Waals surface area contributed by atoms with Gasteiger partial charge in [-0.3, -0.25) is 9.59 Å². The molecule has 0 aliphatic carbocycles. The monoisotopic (exact) mass is 476 g/mol. The van der Waals surface area contributed by atoms with Gasteiger partial charge in [0.15, 0.2) is 0 Å². The van der Waals surface area contributed by atoms with Gasteiger partial charge in [0.25, 0.3) is 0 Å². The first kappa shape index (κ1) is 26.1. The molecule has 2 aromatic rings. The van der Waals surface area contributed by atoms with Gasteiger partial charge in [-0.1, -0.05) is 49.7 Å². The van der Waals surface area contributed by atoms with Crippen LogP contribution in [0.25, 0.3) is 0 Å². The molecule has 0 unspecified atom stereocenters. The van der Waals surface area contributed by atoms with Crippen LogP contribution < -0.4 is 10.1 Å². The highest BCUT2D eigenvalue weighted by molar-refractivity contribution is 7.99. The highest BCUT2D eigenvalue weighted by atomic mass is 35.5. The normalized spacial score (nSPS) is 12.7. The fourth-order valence-corrected chi connectivity index (χ4v) is 4.36. The Morgan fingerprint density at radius 3 is 2.47 bits per heavy atom. The van der Waals surface area contributed by atoms with Crippen molar-refractivity contribution in [3.05, 3.63) is 64.7 Å². The van der Waals surface area contributed by atoms with E-state index in [1.807, 2.05) is 69.3 Å². The summed E-state index contributed by atoms with van der Waals surface area (Å²) in [4.78, 5) is 28.0. The number of benzene rings is 2. The molecule has 0 bridgehead atoms. The predicted octanol–water partition coefficient (Wildman–Crippen LogP) is 5.30. The lowest BCUT2D eigenvalue weighted by Crippen LogP contribution is -2.51. The minimum atomic E-state index is -0.533. The lowest BCUT2D eigenvalue weighted by molar-refractivity contribution is -0.139. The predicted molar refractivity (Wildman–Crippen MR) is 133 cm³/mol. The quantitative estimate of drug-likeness (QED) is 0.451. The zero-order valence-electron chi connectivity index (χ0n) is 19.3. The molecule has 0 saturated carbocycles. The first-order valence-corrected chi connectivity index (χ1v) is 12.5. The molecular weight excluding hydrogens is 444 g/mol. The standard InChI is InChI=1S/C25H33ClN2O3S/c1-5-18(3)27-25(30)23(6-2)28(15-19-9-8-12-22(14-19)31-4)24(29)17-32-16-20-10-7-11-21(26)13-20/h7-14,18,23H,5-6,15-17H2,1-4H3,(H,27,30)/t18-,23+/m0/s1. The summed E-state index contributed by atoms with van der Waals surface area (Å²) in [5.41, 5.74) is 1.99. The van der Waals surface area contributed by atoms with Crippen LogP contribution >= 0.6 is 23.4 Å². The van der Waals surface area contributed by atoms with Gasteiger partial charge in [-0.2, -0.15) is 0 Å². The number of hydrogen-bond acceptors (Lipinski definition) is 4. The zero-order valence-corrected chi connectivity index (χ0v) is 20.8. The number of methoxy groups -OCH3 is 1. The summed E-state index contributed by atoms with van der Waals surface area (Å²) in [7, 11) is 1.61. The van der Waals surface area contributed by atoms with Crippen LogP contribution in [0, 0.1) is 0 Å². The van der Waals surface area contributed by atoms with E-state index < -0.39 is 6.04 Å². The van der Waals surface area contributed by atoms with Crippen LogP contribution in [-0.2, 0) is 21.9 Å². The van der Waals surface area contributed by atoms with E-state index in [0.717, 1.165) is 23.3 Å². The first-order valence-electron chi connectivity index (χ1n) is 10.9. The Balaban J connectivity index is 2.16. The van der Waals surface area contributed by atoms with Crippen LogP contribution in [0.4, 0.5) is 0 Å². The summed E-state index contributed by atoms with van der Waals surface area (Å²) < 4.78 is 5.32. The summed E-state index contributed by atoms with van der Waals surface area (Å²) in [6.07, 6.45) is 1.37. The second-order valence-corrected chi connectivity index (χ2v) is 9.16. The Morgan fingerprint density at radius 1 is 1.09 bits per heavy atom. The van der Waals surface area contributed by atoms with Crippen molar-refractivity contribution >= 4 is 35.2 Å². The Hall–Kier alpha value is -2.18. The third-order valence-corrected chi connectivity index (χ3v) is 6.48. The van der Waals surface area contributed by atoms with Crippen LogP contribution in [0.5, 0.6) is 5.75 Å². The van der Waals surface area contributed by atoms with Crippen molar-refractivity contribution in [2.75, 3.05) is 12.9 Å². The molecular formula is C25H33ClN2O3S. The van der Waals surface area contributed by atoms with Crippen molar-refractivity contribution in [1.29, 1.82) is 0 Å². The number of carbonyl (C=O) groups is 2. The van der Waals surface area contributed by atoms with Crippen molar-refractivity contribution in [2.45, 2.75) is 58.0 Å². The smallest absolute Gasteiger partial charge is 0.243 e. The van der Waals surface area contributed by atoms with Crippen LogP contribution in [0.3, 0.4) is 0 Å². The second kappa shape index (κ2) is 13.4. The highest BCUT2D eigenvalue weighted by Crippen LogP contribution is 2.21. The van der Waals surface area contributed by atoms with Gasteiger partial charge in [-0.15, -0.1) is 11.8 Å². The van der Waals surface area contributed by atoms with Gasteiger partial charge in [0.1, 0.15) is 11.8 Å². The Morgan fingerprint density at radius 2 is 1.81 bits per heavy atom. The largest absolute Gasteiger partial charge is 0.497 e. The summed E-state index contributed by atoms with van der Waals surface area (Å²) in [5.74, 6) is 1.50.